The number of carbonyl (C=O) groups is 2. The van der Waals surface area contributed by atoms with Crippen LogP contribution in [0.4, 0.5) is 4.79 Å². The molecule has 2 N–H and O–H groups in total. The van der Waals surface area contributed by atoms with Crippen molar-refractivity contribution in [2.45, 2.75) is 13.0 Å². The predicted octanol–water partition coefficient (Wildman–Crippen LogP) is 0.893. The van der Waals surface area contributed by atoms with Gasteiger partial charge in [-0.05, 0) is 19.1 Å². The van der Waals surface area contributed by atoms with Crippen molar-refractivity contribution in [1.29, 1.82) is 0 Å². The molecular weight excluding hydrogens is 174 g/mol. The summed E-state index contributed by atoms with van der Waals surface area (Å²) in [5.74, 6) is -1.09. The molecule has 1 rings (SSSR count). The van der Waals surface area contributed by atoms with E-state index in [1.807, 2.05) is 0 Å². The van der Waals surface area contributed by atoms with Gasteiger partial charge >= 0.3 is 12.1 Å². The summed E-state index contributed by atoms with van der Waals surface area (Å²) in [6.07, 6.45) is 2.97. The SMILES string of the molecule is CC1C(C(=O)O)=CC=CN1C(=O)O. The third kappa shape index (κ3) is 1.69. The van der Waals surface area contributed by atoms with Crippen LogP contribution in [-0.2, 0) is 4.79 Å². The molecule has 0 aliphatic carbocycles. The molecule has 0 radical (unpaired) electrons. The molecule has 0 aromatic heterocycles. The second-order valence-electron chi connectivity index (χ2n) is 2.63. The molecule has 1 amide bonds. The van der Waals surface area contributed by atoms with Gasteiger partial charge in [-0.1, -0.05) is 0 Å². The van der Waals surface area contributed by atoms with Crippen LogP contribution in [0.5, 0.6) is 0 Å². The molecule has 5 nitrogen and oxygen atoms in total. The molecule has 1 aliphatic heterocycles. The fourth-order valence-corrected chi connectivity index (χ4v) is 1.14. The van der Waals surface area contributed by atoms with Crippen molar-refractivity contribution < 1.29 is 19.8 Å². The minimum atomic E-state index is -1.16. The lowest BCUT2D eigenvalue weighted by Gasteiger charge is -2.25. The molecule has 70 valence electrons. The summed E-state index contributed by atoms with van der Waals surface area (Å²) in [5, 5.41) is 17.3. The van der Waals surface area contributed by atoms with Gasteiger partial charge in [-0.15, -0.1) is 0 Å². The van der Waals surface area contributed by atoms with Crippen molar-refractivity contribution in [3.63, 3.8) is 0 Å². The summed E-state index contributed by atoms with van der Waals surface area (Å²) >= 11 is 0. The number of amides is 1. The number of allylic oxidation sites excluding steroid dienone is 2. The number of nitrogens with zero attached hydrogens (tertiary/aromatic N) is 1. The van der Waals surface area contributed by atoms with Crippen molar-refractivity contribution in [1.82, 2.24) is 4.90 Å². The lowest BCUT2D eigenvalue weighted by atomic mass is 10.1. The summed E-state index contributed by atoms with van der Waals surface area (Å²) in [4.78, 5) is 22.1. The van der Waals surface area contributed by atoms with Gasteiger partial charge < -0.3 is 10.2 Å². The van der Waals surface area contributed by atoms with E-state index in [9.17, 15) is 9.59 Å². The number of hydrogen-bond acceptors (Lipinski definition) is 2. The Hall–Kier alpha value is -1.78. The minimum Gasteiger partial charge on any atom is -0.478 e. The van der Waals surface area contributed by atoms with Crippen LogP contribution in [0.2, 0.25) is 0 Å². The Morgan fingerprint density at radius 3 is 2.54 bits per heavy atom. The first-order valence-corrected chi connectivity index (χ1v) is 3.67. The Balaban J connectivity index is 2.93. The van der Waals surface area contributed by atoms with Crippen molar-refractivity contribution >= 4 is 12.1 Å². The summed E-state index contributed by atoms with van der Waals surface area (Å²) in [7, 11) is 0. The maximum atomic E-state index is 10.6. The Labute approximate surface area is 74.6 Å². The summed E-state index contributed by atoms with van der Waals surface area (Å²) < 4.78 is 0. The van der Waals surface area contributed by atoms with Crippen molar-refractivity contribution in [3.8, 4) is 0 Å². The molecule has 1 aliphatic rings. The zero-order valence-corrected chi connectivity index (χ0v) is 6.97. The minimum absolute atomic E-state index is 0.0740. The predicted molar refractivity (Wildman–Crippen MR) is 44.2 cm³/mol. The maximum Gasteiger partial charge on any atom is 0.411 e. The first kappa shape index (κ1) is 9.31. The molecule has 0 saturated heterocycles. The standard InChI is InChI=1S/C8H9NO4/c1-5-6(7(10)11)3-2-4-9(5)8(12)13/h2-5H,1H3,(H,10,11)(H,12,13). The number of hydrogen-bond donors (Lipinski definition) is 2. The number of carboxylic acid groups (broad SMARTS) is 2. The van der Waals surface area contributed by atoms with Gasteiger partial charge in [0.15, 0.2) is 0 Å². The van der Waals surface area contributed by atoms with Gasteiger partial charge in [-0.3, -0.25) is 4.90 Å². The van der Waals surface area contributed by atoms with E-state index < -0.39 is 18.1 Å². The first-order chi connectivity index (χ1) is 6.04. The number of aliphatic carboxylic acids is 1. The highest BCUT2D eigenvalue weighted by atomic mass is 16.4. The average molecular weight is 183 g/mol. The normalized spacial score (nSPS) is 21.2. The molecule has 0 bridgehead atoms. The first-order valence-electron chi connectivity index (χ1n) is 3.67. The van der Waals surface area contributed by atoms with Crippen LogP contribution >= 0.6 is 0 Å². The zero-order chi connectivity index (χ0) is 10.0. The van der Waals surface area contributed by atoms with Crippen molar-refractivity contribution in [2.75, 3.05) is 0 Å². The van der Waals surface area contributed by atoms with Gasteiger partial charge in [0.2, 0.25) is 0 Å². The highest BCUT2D eigenvalue weighted by Crippen LogP contribution is 2.16. The van der Waals surface area contributed by atoms with Gasteiger partial charge in [0.1, 0.15) is 0 Å². The molecule has 0 aromatic rings. The average Bonchev–Trinajstić information content (AvgIpc) is 2.03. The van der Waals surface area contributed by atoms with Crippen LogP contribution in [0.1, 0.15) is 6.92 Å². The molecule has 0 saturated carbocycles. The summed E-state index contributed by atoms with van der Waals surface area (Å²) in [6.45, 7) is 1.53. The lowest BCUT2D eigenvalue weighted by Crippen LogP contribution is -2.37. The van der Waals surface area contributed by atoms with Gasteiger partial charge in [-0.25, -0.2) is 9.59 Å². The van der Waals surface area contributed by atoms with Crippen molar-refractivity contribution in [2.24, 2.45) is 0 Å². The summed E-state index contributed by atoms with van der Waals surface area (Å²) in [6, 6.07) is -0.639. The van der Waals surface area contributed by atoms with E-state index in [0.717, 1.165) is 4.90 Å². The van der Waals surface area contributed by atoms with E-state index in [2.05, 4.69) is 0 Å². The van der Waals surface area contributed by atoms with E-state index in [4.69, 9.17) is 10.2 Å². The fourth-order valence-electron chi connectivity index (χ4n) is 1.14. The Bertz CT molecular complexity index is 305. The Kier molecular flexibility index (Phi) is 2.36. The van der Waals surface area contributed by atoms with E-state index in [1.165, 1.54) is 25.3 Å². The van der Waals surface area contributed by atoms with Gasteiger partial charge in [0, 0.05) is 6.20 Å². The van der Waals surface area contributed by atoms with Crippen LogP contribution in [-0.4, -0.2) is 33.2 Å². The Morgan fingerprint density at radius 2 is 2.08 bits per heavy atom. The highest BCUT2D eigenvalue weighted by Gasteiger charge is 2.26. The molecular formula is C8H9NO4. The van der Waals surface area contributed by atoms with Crippen LogP contribution < -0.4 is 0 Å². The lowest BCUT2D eigenvalue weighted by molar-refractivity contribution is -0.133. The Morgan fingerprint density at radius 1 is 1.46 bits per heavy atom. The molecule has 1 unspecified atom stereocenters. The van der Waals surface area contributed by atoms with E-state index in [-0.39, 0.29) is 5.57 Å². The smallest absolute Gasteiger partial charge is 0.411 e. The second kappa shape index (κ2) is 3.30. The van der Waals surface area contributed by atoms with Gasteiger partial charge in [-0.2, -0.15) is 0 Å². The van der Waals surface area contributed by atoms with E-state index in [1.54, 1.807) is 0 Å². The quantitative estimate of drug-likeness (QED) is 0.632. The molecule has 1 heterocycles. The van der Waals surface area contributed by atoms with E-state index in [0.29, 0.717) is 0 Å². The maximum absolute atomic E-state index is 10.6. The summed E-state index contributed by atoms with van der Waals surface area (Å²) in [5.41, 5.74) is 0.0740. The van der Waals surface area contributed by atoms with Crippen molar-refractivity contribution in [3.05, 3.63) is 23.9 Å². The third-order valence-corrected chi connectivity index (χ3v) is 1.86. The molecule has 0 fully saturated rings. The third-order valence-electron chi connectivity index (χ3n) is 1.86. The molecule has 0 spiro atoms. The zero-order valence-electron chi connectivity index (χ0n) is 6.97. The highest BCUT2D eigenvalue weighted by molar-refractivity contribution is 5.89. The van der Waals surface area contributed by atoms with Crippen LogP contribution in [0.3, 0.4) is 0 Å². The molecule has 0 aromatic carbocycles. The van der Waals surface area contributed by atoms with Crippen LogP contribution in [0.25, 0.3) is 0 Å². The second-order valence-corrected chi connectivity index (χ2v) is 2.63. The van der Waals surface area contributed by atoms with Crippen LogP contribution in [0, 0.1) is 0 Å². The molecule has 1 atom stereocenters. The van der Waals surface area contributed by atoms with E-state index >= 15 is 0 Å². The fraction of sp³-hybridized carbons (Fsp3) is 0.250. The largest absolute Gasteiger partial charge is 0.478 e. The number of rotatable bonds is 1. The van der Waals surface area contributed by atoms with Gasteiger partial charge in [0.05, 0.1) is 11.6 Å². The van der Waals surface area contributed by atoms with Crippen LogP contribution in [0.15, 0.2) is 23.9 Å². The number of carboxylic acids is 1. The topological polar surface area (TPSA) is 77.8 Å². The molecule has 13 heavy (non-hydrogen) atoms. The molecule has 5 heteroatoms. The van der Waals surface area contributed by atoms with Gasteiger partial charge in [0.25, 0.3) is 0 Å². The monoisotopic (exact) mass is 183 g/mol.